The van der Waals surface area contributed by atoms with Gasteiger partial charge in [-0.2, -0.15) is 0 Å². The Hall–Kier alpha value is -2.18. The molecule has 0 saturated heterocycles. The van der Waals surface area contributed by atoms with Crippen molar-refractivity contribution in [3.8, 4) is 0 Å². The van der Waals surface area contributed by atoms with Crippen molar-refractivity contribution in [3.63, 3.8) is 0 Å². The molecule has 2 aromatic rings. The third kappa shape index (κ3) is 3.48. The van der Waals surface area contributed by atoms with Crippen LogP contribution in [0.5, 0.6) is 0 Å². The molecule has 0 aliphatic heterocycles. The molecule has 2 N–H and O–H groups in total. The summed E-state index contributed by atoms with van der Waals surface area (Å²) in [6.45, 7) is 0. The Kier molecular flexibility index (Phi) is 4.40. The van der Waals surface area contributed by atoms with E-state index in [1.807, 2.05) is 0 Å². The van der Waals surface area contributed by atoms with Crippen LogP contribution in [0.2, 0.25) is 10.2 Å². The number of nitrogens with one attached hydrogen (secondary N) is 1. The number of aromatic nitrogens is 1. The second kappa shape index (κ2) is 6.07. The fourth-order valence-corrected chi connectivity index (χ4v) is 1.93. The van der Waals surface area contributed by atoms with Gasteiger partial charge in [-0.05, 0) is 24.3 Å². The van der Waals surface area contributed by atoms with Crippen LogP contribution >= 0.6 is 23.2 Å². The van der Waals surface area contributed by atoms with Crippen molar-refractivity contribution in [2.24, 2.45) is 0 Å². The predicted molar refractivity (Wildman–Crippen MR) is 75.6 cm³/mol. The van der Waals surface area contributed by atoms with Crippen LogP contribution in [0.4, 0.5) is 10.1 Å². The maximum Gasteiger partial charge on any atom is 0.337 e. The van der Waals surface area contributed by atoms with Crippen LogP contribution in [0, 0.1) is 5.82 Å². The molecule has 0 atom stereocenters. The highest BCUT2D eigenvalue weighted by Crippen LogP contribution is 2.22. The van der Waals surface area contributed by atoms with Crippen molar-refractivity contribution < 1.29 is 19.1 Å². The van der Waals surface area contributed by atoms with Crippen molar-refractivity contribution in [1.29, 1.82) is 0 Å². The Morgan fingerprint density at radius 2 is 1.90 bits per heavy atom. The number of hydrogen-bond acceptors (Lipinski definition) is 3. The zero-order valence-electron chi connectivity index (χ0n) is 10.2. The van der Waals surface area contributed by atoms with E-state index in [9.17, 15) is 14.0 Å². The fraction of sp³-hybridized carbons (Fsp3) is 0. The van der Waals surface area contributed by atoms with E-state index in [1.54, 1.807) is 0 Å². The standard InChI is InChI=1S/C13H7Cl2FN2O3/c14-9-5-17-11(15)4-8(9)12(19)18-10-3-6(16)1-2-7(10)13(20)21/h1-5H,(H,18,19)(H,20,21). The lowest BCUT2D eigenvalue weighted by molar-refractivity contribution is 0.0698. The number of aromatic carboxylic acids is 1. The number of anilines is 1. The van der Waals surface area contributed by atoms with Crippen molar-refractivity contribution >= 4 is 40.8 Å². The number of hydrogen-bond donors (Lipinski definition) is 2. The van der Waals surface area contributed by atoms with Gasteiger partial charge in [0, 0.05) is 6.20 Å². The van der Waals surface area contributed by atoms with Gasteiger partial charge in [-0.1, -0.05) is 23.2 Å². The van der Waals surface area contributed by atoms with E-state index >= 15 is 0 Å². The predicted octanol–water partition coefficient (Wildman–Crippen LogP) is 3.48. The first kappa shape index (κ1) is 15.2. The molecular formula is C13H7Cl2FN2O3. The van der Waals surface area contributed by atoms with E-state index in [4.69, 9.17) is 28.3 Å². The van der Waals surface area contributed by atoms with Gasteiger partial charge in [0.15, 0.2) is 0 Å². The molecule has 2 rings (SSSR count). The molecule has 0 saturated carbocycles. The zero-order chi connectivity index (χ0) is 15.6. The van der Waals surface area contributed by atoms with E-state index in [0.717, 1.165) is 18.2 Å². The maximum absolute atomic E-state index is 13.2. The number of benzene rings is 1. The highest BCUT2D eigenvalue weighted by Gasteiger charge is 2.17. The minimum atomic E-state index is -1.30. The molecule has 0 bridgehead atoms. The Morgan fingerprint density at radius 3 is 2.57 bits per heavy atom. The molecule has 0 fully saturated rings. The average Bonchev–Trinajstić information content (AvgIpc) is 2.41. The lowest BCUT2D eigenvalue weighted by Crippen LogP contribution is -2.15. The number of halogens is 3. The third-order valence-corrected chi connectivity index (χ3v) is 3.03. The summed E-state index contributed by atoms with van der Waals surface area (Å²) >= 11 is 11.5. The third-order valence-electron chi connectivity index (χ3n) is 2.53. The van der Waals surface area contributed by atoms with Crippen molar-refractivity contribution in [1.82, 2.24) is 4.98 Å². The summed E-state index contributed by atoms with van der Waals surface area (Å²) in [6, 6.07) is 4.15. The summed E-state index contributed by atoms with van der Waals surface area (Å²) in [5.74, 6) is -2.71. The molecule has 1 aromatic carbocycles. The van der Waals surface area contributed by atoms with Gasteiger partial charge < -0.3 is 10.4 Å². The zero-order valence-corrected chi connectivity index (χ0v) is 11.7. The van der Waals surface area contributed by atoms with Crippen molar-refractivity contribution in [2.75, 3.05) is 5.32 Å². The van der Waals surface area contributed by atoms with Gasteiger partial charge in [-0.15, -0.1) is 0 Å². The Balaban J connectivity index is 2.38. The van der Waals surface area contributed by atoms with Crippen LogP contribution in [-0.4, -0.2) is 22.0 Å². The van der Waals surface area contributed by atoms with Crippen LogP contribution in [0.15, 0.2) is 30.5 Å². The average molecular weight is 329 g/mol. The Bertz CT molecular complexity index is 737. The Labute approximate surface area is 128 Å². The molecule has 0 spiro atoms. The number of pyridine rings is 1. The van der Waals surface area contributed by atoms with E-state index in [-0.39, 0.29) is 27.0 Å². The van der Waals surface area contributed by atoms with E-state index in [0.29, 0.717) is 0 Å². The fourth-order valence-electron chi connectivity index (χ4n) is 1.58. The number of nitrogens with zero attached hydrogens (tertiary/aromatic N) is 1. The van der Waals surface area contributed by atoms with Crippen molar-refractivity contribution in [2.45, 2.75) is 0 Å². The summed E-state index contributed by atoms with van der Waals surface area (Å²) in [4.78, 5) is 26.8. The summed E-state index contributed by atoms with van der Waals surface area (Å²) in [5.41, 5.74) is -0.435. The molecule has 0 unspecified atom stereocenters. The number of amides is 1. The molecule has 0 radical (unpaired) electrons. The van der Waals surface area contributed by atoms with Crippen LogP contribution in [0.25, 0.3) is 0 Å². The molecule has 0 aliphatic rings. The van der Waals surface area contributed by atoms with E-state index < -0.39 is 17.7 Å². The molecule has 8 heteroatoms. The second-order valence-corrected chi connectivity index (χ2v) is 4.73. The normalized spacial score (nSPS) is 10.2. The highest BCUT2D eigenvalue weighted by atomic mass is 35.5. The number of carboxylic acid groups (broad SMARTS) is 1. The number of carboxylic acids is 1. The van der Waals surface area contributed by atoms with Gasteiger partial charge in [0.25, 0.3) is 5.91 Å². The summed E-state index contributed by atoms with van der Waals surface area (Å²) in [5, 5.41) is 11.4. The number of rotatable bonds is 3. The van der Waals surface area contributed by atoms with Crippen molar-refractivity contribution in [3.05, 3.63) is 57.6 Å². The summed E-state index contributed by atoms with van der Waals surface area (Å²) in [7, 11) is 0. The minimum Gasteiger partial charge on any atom is -0.478 e. The van der Waals surface area contributed by atoms with Gasteiger partial charge in [0.2, 0.25) is 0 Å². The summed E-state index contributed by atoms with van der Waals surface area (Å²) < 4.78 is 13.2. The van der Waals surface area contributed by atoms with Gasteiger partial charge in [0.1, 0.15) is 11.0 Å². The topological polar surface area (TPSA) is 79.3 Å². The molecular weight excluding hydrogens is 322 g/mol. The van der Waals surface area contributed by atoms with Crippen LogP contribution in [-0.2, 0) is 0 Å². The van der Waals surface area contributed by atoms with Gasteiger partial charge in [-0.3, -0.25) is 4.79 Å². The van der Waals surface area contributed by atoms with Gasteiger partial charge in [-0.25, -0.2) is 14.2 Å². The maximum atomic E-state index is 13.2. The molecule has 21 heavy (non-hydrogen) atoms. The molecule has 108 valence electrons. The first-order chi connectivity index (χ1) is 9.88. The van der Waals surface area contributed by atoms with Crippen LogP contribution in [0.1, 0.15) is 20.7 Å². The van der Waals surface area contributed by atoms with E-state index in [1.165, 1.54) is 12.3 Å². The van der Waals surface area contributed by atoms with Gasteiger partial charge >= 0.3 is 5.97 Å². The minimum absolute atomic E-state index is 0.00253. The lowest BCUT2D eigenvalue weighted by Gasteiger charge is -2.09. The first-order valence-electron chi connectivity index (χ1n) is 5.53. The molecule has 1 heterocycles. The van der Waals surface area contributed by atoms with Gasteiger partial charge in [0.05, 0.1) is 21.8 Å². The summed E-state index contributed by atoms with van der Waals surface area (Å²) in [6.07, 6.45) is 1.18. The monoisotopic (exact) mass is 328 g/mol. The molecule has 1 aromatic heterocycles. The van der Waals surface area contributed by atoms with Crippen LogP contribution < -0.4 is 5.32 Å². The molecule has 5 nitrogen and oxygen atoms in total. The molecule has 1 amide bonds. The van der Waals surface area contributed by atoms with E-state index in [2.05, 4.69) is 10.3 Å². The number of carbonyl (C=O) groups is 2. The molecule has 0 aliphatic carbocycles. The smallest absolute Gasteiger partial charge is 0.337 e. The lowest BCUT2D eigenvalue weighted by atomic mass is 10.1. The largest absolute Gasteiger partial charge is 0.478 e. The number of carbonyl (C=O) groups excluding carboxylic acids is 1. The quantitative estimate of drug-likeness (QED) is 0.845. The SMILES string of the molecule is O=C(Nc1cc(F)ccc1C(=O)O)c1cc(Cl)ncc1Cl. The second-order valence-electron chi connectivity index (χ2n) is 3.94. The Morgan fingerprint density at radius 1 is 1.19 bits per heavy atom. The first-order valence-corrected chi connectivity index (χ1v) is 6.29. The highest BCUT2D eigenvalue weighted by molar-refractivity contribution is 6.35. The van der Waals surface area contributed by atoms with Crippen LogP contribution in [0.3, 0.4) is 0 Å².